The summed E-state index contributed by atoms with van der Waals surface area (Å²) in [7, 11) is -2.26. The Hall–Kier alpha value is -2.78. The maximum atomic E-state index is 12.8. The fourth-order valence-electron chi connectivity index (χ4n) is 2.86. The number of carbonyl (C=O) groups is 1. The molecule has 0 radical (unpaired) electrons. The first-order valence-electron chi connectivity index (χ1n) is 8.70. The highest BCUT2D eigenvalue weighted by Crippen LogP contribution is 2.33. The zero-order chi connectivity index (χ0) is 20.3. The second-order valence-corrected chi connectivity index (χ2v) is 7.93. The van der Waals surface area contributed by atoms with Crippen molar-refractivity contribution < 1.29 is 27.4 Å². The fraction of sp³-hybridized carbons (Fsp3) is 0.316. The van der Waals surface area contributed by atoms with Crippen molar-refractivity contribution in [2.45, 2.75) is 25.3 Å². The molecule has 0 aromatic heterocycles. The van der Waals surface area contributed by atoms with Crippen LogP contribution < -0.4 is 24.2 Å². The molecule has 1 heterocycles. The molecular formula is C19H22N2O6S. The third-order valence-corrected chi connectivity index (χ3v) is 5.74. The van der Waals surface area contributed by atoms with Crippen LogP contribution in [0, 0.1) is 6.92 Å². The lowest BCUT2D eigenvalue weighted by molar-refractivity contribution is -0.118. The molecule has 0 aliphatic carbocycles. The van der Waals surface area contributed by atoms with Gasteiger partial charge in [0.1, 0.15) is 5.75 Å². The summed E-state index contributed by atoms with van der Waals surface area (Å²) in [5.41, 5.74) is 1.69. The molecule has 9 heteroatoms. The number of hydrogen-bond acceptors (Lipinski definition) is 6. The number of sulfonamides is 1. The molecule has 150 valence electrons. The molecule has 0 spiro atoms. The van der Waals surface area contributed by atoms with Crippen LogP contribution in [0.5, 0.6) is 17.2 Å². The van der Waals surface area contributed by atoms with E-state index in [0.29, 0.717) is 35.1 Å². The molecule has 2 aromatic rings. The summed E-state index contributed by atoms with van der Waals surface area (Å²) in [5, 5.41) is 2.66. The van der Waals surface area contributed by atoms with E-state index in [0.717, 1.165) is 5.56 Å². The number of rotatable bonds is 7. The van der Waals surface area contributed by atoms with E-state index in [9.17, 15) is 13.2 Å². The van der Waals surface area contributed by atoms with Gasteiger partial charge in [-0.3, -0.25) is 4.79 Å². The zero-order valence-corrected chi connectivity index (χ0v) is 16.7. The van der Waals surface area contributed by atoms with Crippen LogP contribution in [-0.4, -0.2) is 34.6 Å². The molecule has 3 rings (SSSR count). The molecule has 0 unspecified atom stereocenters. The Morgan fingerprint density at radius 3 is 2.71 bits per heavy atom. The highest BCUT2D eigenvalue weighted by Gasteiger charge is 2.23. The molecule has 28 heavy (non-hydrogen) atoms. The number of carbonyl (C=O) groups excluding carboxylic acids is 1. The summed E-state index contributed by atoms with van der Waals surface area (Å²) in [6.45, 7) is 3.98. The molecule has 0 bridgehead atoms. The maximum absolute atomic E-state index is 12.8. The standard InChI is InChI=1S/C19H22N2O6S/c1-4-26-15-6-5-13(8-17(15)25-3)10-20-28(23,24)18-9-16-14(7-12(18)2)21-19(22)11-27-16/h5-9,20H,4,10-11H2,1-3H3,(H,21,22). The molecule has 1 aliphatic rings. The molecule has 1 amide bonds. The van der Waals surface area contributed by atoms with Crippen LogP contribution in [0.4, 0.5) is 5.69 Å². The number of hydrogen-bond donors (Lipinski definition) is 2. The number of anilines is 1. The van der Waals surface area contributed by atoms with Crippen molar-refractivity contribution in [3.05, 3.63) is 41.5 Å². The first kappa shape index (κ1) is 20.0. The predicted molar refractivity (Wildman–Crippen MR) is 103 cm³/mol. The third-order valence-electron chi connectivity index (χ3n) is 4.19. The van der Waals surface area contributed by atoms with Gasteiger partial charge in [-0.25, -0.2) is 13.1 Å². The van der Waals surface area contributed by atoms with Crippen molar-refractivity contribution in [1.82, 2.24) is 4.72 Å². The van der Waals surface area contributed by atoms with E-state index in [4.69, 9.17) is 14.2 Å². The Bertz CT molecular complexity index is 1000. The largest absolute Gasteiger partial charge is 0.493 e. The molecule has 0 saturated heterocycles. The quantitative estimate of drug-likeness (QED) is 0.731. The Morgan fingerprint density at radius 1 is 1.21 bits per heavy atom. The van der Waals surface area contributed by atoms with Crippen LogP contribution >= 0.6 is 0 Å². The lowest BCUT2D eigenvalue weighted by atomic mass is 10.2. The van der Waals surface area contributed by atoms with Crippen molar-refractivity contribution in [2.24, 2.45) is 0 Å². The molecule has 8 nitrogen and oxygen atoms in total. The van der Waals surface area contributed by atoms with Gasteiger partial charge < -0.3 is 19.5 Å². The number of benzene rings is 2. The molecule has 0 saturated carbocycles. The zero-order valence-electron chi connectivity index (χ0n) is 15.9. The monoisotopic (exact) mass is 406 g/mol. The average Bonchev–Trinajstić information content (AvgIpc) is 2.66. The smallest absolute Gasteiger partial charge is 0.262 e. The fourth-order valence-corrected chi connectivity index (χ4v) is 4.12. The molecule has 0 fully saturated rings. The highest BCUT2D eigenvalue weighted by molar-refractivity contribution is 7.89. The number of ether oxygens (including phenoxy) is 3. The lowest BCUT2D eigenvalue weighted by Crippen LogP contribution is -2.27. The minimum absolute atomic E-state index is 0.0826. The normalized spacial score (nSPS) is 13.3. The van der Waals surface area contributed by atoms with Crippen molar-refractivity contribution in [3.8, 4) is 17.2 Å². The first-order chi connectivity index (χ1) is 13.3. The highest BCUT2D eigenvalue weighted by atomic mass is 32.2. The van der Waals surface area contributed by atoms with Gasteiger partial charge >= 0.3 is 0 Å². The summed E-state index contributed by atoms with van der Waals surface area (Å²) in [5.74, 6) is 1.19. The minimum atomic E-state index is -3.79. The van der Waals surface area contributed by atoms with Gasteiger partial charge in [-0.2, -0.15) is 0 Å². The Kier molecular flexibility index (Phi) is 5.76. The summed E-state index contributed by atoms with van der Waals surface area (Å²) in [4.78, 5) is 11.5. The van der Waals surface area contributed by atoms with Crippen molar-refractivity contribution in [3.63, 3.8) is 0 Å². The minimum Gasteiger partial charge on any atom is -0.493 e. The van der Waals surface area contributed by atoms with E-state index in [1.165, 1.54) is 13.2 Å². The predicted octanol–water partition coefficient (Wildman–Crippen LogP) is 2.21. The van der Waals surface area contributed by atoms with Crippen molar-refractivity contribution >= 4 is 21.6 Å². The van der Waals surface area contributed by atoms with Crippen LogP contribution in [-0.2, 0) is 21.4 Å². The maximum Gasteiger partial charge on any atom is 0.262 e. The molecule has 2 aromatic carbocycles. The van der Waals surface area contributed by atoms with Gasteiger partial charge in [-0.15, -0.1) is 0 Å². The number of nitrogens with one attached hydrogen (secondary N) is 2. The van der Waals surface area contributed by atoms with E-state index >= 15 is 0 Å². The SMILES string of the molecule is CCOc1ccc(CNS(=O)(=O)c2cc3c(cc2C)NC(=O)CO3)cc1OC. The third kappa shape index (κ3) is 4.20. The van der Waals surface area contributed by atoms with Crippen LogP contribution in [0.1, 0.15) is 18.1 Å². The van der Waals surface area contributed by atoms with Gasteiger partial charge in [0.15, 0.2) is 18.1 Å². The van der Waals surface area contributed by atoms with Gasteiger partial charge in [0.05, 0.1) is 24.3 Å². The molecule has 2 N–H and O–H groups in total. The summed E-state index contributed by atoms with van der Waals surface area (Å²) < 4.78 is 44.2. The average molecular weight is 406 g/mol. The van der Waals surface area contributed by atoms with E-state index in [-0.39, 0.29) is 24.0 Å². The summed E-state index contributed by atoms with van der Waals surface area (Å²) in [6.07, 6.45) is 0. The number of amides is 1. The number of aryl methyl sites for hydroxylation is 1. The lowest BCUT2D eigenvalue weighted by Gasteiger charge is -2.20. The Balaban J connectivity index is 1.80. The van der Waals surface area contributed by atoms with Gasteiger partial charge in [-0.1, -0.05) is 6.07 Å². The van der Waals surface area contributed by atoms with Gasteiger partial charge in [0.25, 0.3) is 5.91 Å². The van der Waals surface area contributed by atoms with Crippen LogP contribution in [0.2, 0.25) is 0 Å². The number of methoxy groups -OCH3 is 1. The Labute approximate surface area is 163 Å². The first-order valence-corrected chi connectivity index (χ1v) is 10.2. The van der Waals surface area contributed by atoms with E-state index < -0.39 is 10.0 Å². The van der Waals surface area contributed by atoms with E-state index in [2.05, 4.69) is 10.0 Å². The molecule has 0 atom stereocenters. The van der Waals surface area contributed by atoms with Gasteiger partial charge in [0.2, 0.25) is 10.0 Å². The second kappa shape index (κ2) is 8.07. The van der Waals surface area contributed by atoms with Crippen LogP contribution in [0.15, 0.2) is 35.2 Å². The summed E-state index contributed by atoms with van der Waals surface area (Å²) >= 11 is 0. The van der Waals surface area contributed by atoms with Crippen molar-refractivity contribution in [1.29, 1.82) is 0 Å². The van der Waals surface area contributed by atoms with Crippen molar-refractivity contribution in [2.75, 3.05) is 25.6 Å². The Morgan fingerprint density at radius 2 is 2.00 bits per heavy atom. The van der Waals surface area contributed by atoms with Gasteiger partial charge in [0, 0.05) is 12.6 Å². The van der Waals surface area contributed by atoms with E-state index in [1.54, 1.807) is 31.2 Å². The molecular weight excluding hydrogens is 384 g/mol. The van der Waals surface area contributed by atoms with Crippen LogP contribution in [0.3, 0.4) is 0 Å². The number of fused-ring (bicyclic) bond motifs is 1. The molecule has 1 aliphatic heterocycles. The van der Waals surface area contributed by atoms with Gasteiger partial charge in [-0.05, 0) is 43.2 Å². The second-order valence-electron chi connectivity index (χ2n) is 6.19. The topological polar surface area (TPSA) is 103 Å². The van der Waals surface area contributed by atoms with Crippen LogP contribution in [0.25, 0.3) is 0 Å². The summed E-state index contributed by atoms with van der Waals surface area (Å²) in [6, 6.07) is 8.25. The van der Waals surface area contributed by atoms with E-state index in [1.807, 2.05) is 6.92 Å².